The van der Waals surface area contributed by atoms with E-state index in [1.54, 1.807) is 0 Å². The van der Waals surface area contributed by atoms with E-state index < -0.39 is 11.8 Å². The van der Waals surface area contributed by atoms with Crippen LogP contribution in [0.4, 0.5) is 8.78 Å². The summed E-state index contributed by atoms with van der Waals surface area (Å²) in [5.74, 6) is -2.80. The van der Waals surface area contributed by atoms with Gasteiger partial charge in [-0.15, -0.1) is 0 Å². The summed E-state index contributed by atoms with van der Waals surface area (Å²) >= 11 is 0. The van der Waals surface area contributed by atoms with Gasteiger partial charge in [-0.05, 0) is 17.9 Å². The molecule has 2 fully saturated rings. The van der Waals surface area contributed by atoms with Crippen molar-refractivity contribution in [3.05, 3.63) is 10.4 Å². The van der Waals surface area contributed by atoms with E-state index in [9.17, 15) is 8.78 Å². The number of fused-ring (bicyclic) bond motifs is 1. The van der Waals surface area contributed by atoms with Gasteiger partial charge >= 0.3 is 0 Å². The number of likely N-dealkylation sites (tertiary alicyclic amines) is 1. The number of rotatable bonds is 3. The monoisotopic (exact) mass is 216 g/mol. The van der Waals surface area contributed by atoms with E-state index in [1.807, 2.05) is 4.90 Å². The summed E-state index contributed by atoms with van der Waals surface area (Å²) in [5.41, 5.74) is 8.10. The van der Waals surface area contributed by atoms with Crippen LogP contribution in [0.5, 0.6) is 0 Å². The molecule has 0 N–H and O–H groups in total. The van der Waals surface area contributed by atoms with Gasteiger partial charge < -0.3 is 4.90 Å². The Morgan fingerprint density at radius 3 is 2.93 bits per heavy atom. The maximum atomic E-state index is 13.4. The molecule has 0 spiro atoms. The SMILES string of the molecule is [N-]=[N+]=NCCN1C[C@H]2CCC(F)(F)[C@H]2C1. The molecular formula is C9H14F2N4. The maximum absolute atomic E-state index is 13.4. The Kier molecular flexibility index (Phi) is 2.80. The summed E-state index contributed by atoms with van der Waals surface area (Å²) in [6.07, 6.45) is 0.683. The number of alkyl halides is 2. The lowest BCUT2D eigenvalue weighted by atomic mass is 9.99. The van der Waals surface area contributed by atoms with E-state index in [-0.39, 0.29) is 12.3 Å². The predicted molar refractivity (Wildman–Crippen MR) is 51.6 cm³/mol. The zero-order chi connectivity index (χ0) is 10.9. The summed E-state index contributed by atoms with van der Waals surface area (Å²) in [5, 5.41) is 3.42. The Morgan fingerprint density at radius 1 is 1.47 bits per heavy atom. The molecule has 0 amide bonds. The van der Waals surface area contributed by atoms with Gasteiger partial charge in [-0.3, -0.25) is 0 Å². The van der Waals surface area contributed by atoms with Gasteiger partial charge in [0, 0.05) is 43.4 Å². The fourth-order valence-electron chi connectivity index (χ4n) is 2.71. The van der Waals surface area contributed by atoms with E-state index in [1.165, 1.54) is 0 Å². The van der Waals surface area contributed by atoms with E-state index in [4.69, 9.17) is 5.53 Å². The molecule has 0 aromatic rings. The van der Waals surface area contributed by atoms with E-state index in [0.29, 0.717) is 26.1 Å². The molecule has 1 heterocycles. The van der Waals surface area contributed by atoms with Crippen molar-refractivity contribution in [1.29, 1.82) is 0 Å². The number of azide groups is 1. The number of halogens is 2. The fourth-order valence-corrected chi connectivity index (χ4v) is 2.71. The molecule has 1 saturated heterocycles. The first-order chi connectivity index (χ1) is 7.13. The lowest BCUT2D eigenvalue weighted by molar-refractivity contribution is -0.0397. The second kappa shape index (κ2) is 3.94. The van der Waals surface area contributed by atoms with Crippen molar-refractivity contribution in [3.63, 3.8) is 0 Å². The maximum Gasteiger partial charge on any atom is 0.252 e. The Labute approximate surface area is 86.9 Å². The fraction of sp³-hybridized carbons (Fsp3) is 1.00. The summed E-state index contributed by atoms with van der Waals surface area (Å²) in [7, 11) is 0. The smallest absolute Gasteiger partial charge is 0.252 e. The van der Waals surface area contributed by atoms with Gasteiger partial charge in [0.1, 0.15) is 0 Å². The molecule has 15 heavy (non-hydrogen) atoms. The first kappa shape index (κ1) is 10.6. The second-order valence-corrected chi connectivity index (χ2v) is 4.38. The summed E-state index contributed by atoms with van der Waals surface area (Å²) in [6.45, 7) is 2.18. The Balaban J connectivity index is 1.87. The topological polar surface area (TPSA) is 52.0 Å². The zero-order valence-corrected chi connectivity index (χ0v) is 8.44. The van der Waals surface area contributed by atoms with Crippen molar-refractivity contribution in [2.75, 3.05) is 26.2 Å². The van der Waals surface area contributed by atoms with Crippen LogP contribution in [0.2, 0.25) is 0 Å². The standard InChI is InChI=1S/C9H14F2N4/c10-9(11)2-1-7-5-15(6-8(7)9)4-3-13-14-12/h7-8H,1-6H2/t7-,8+/m1/s1. The van der Waals surface area contributed by atoms with Gasteiger partial charge in [0.15, 0.2) is 0 Å². The predicted octanol–water partition coefficient (Wildman–Crippen LogP) is 2.27. The molecule has 84 valence electrons. The van der Waals surface area contributed by atoms with Crippen LogP contribution in [0.15, 0.2) is 5.11 Å². The van der Waals surface area contributed by atoms with Crippen LogP contribution in [0, 0.1) is 11.8 Å². The molecule has 2 rings (SSSR count). The minimum absolute atomic E-state index is 0.0481. The third kappa shape index (κ3) is 2.06. The average molecular weight is 216 g/mol. The van der Waals surface area contributed by atoms with Gasteiger partial charge in [0.05, 0.1) is 0 Å². The van der Waals surface area contributed by atoms with Crippen LogP contribution in [0.3, 0.4) is 0 Å². The molecule has 0 aromatic carbocycles. The highest BCUT2D eigenvalue weighted by molar-refractivity contribution is 4.98. The molecule has 0 aromatic heterocycles. The molecular weight excluding hydrogens is 202 g/mol. The zero-order valence-electron chi connectivity index (χ0n) is 8.44. The van der Waals surface area contributed by atoms with Crippen LogP contribution in [-0.2, 0) is 0 Å². The number of hydrogen-bond acceptors (Lipinski definition) is 2. The summed E-state index contributed by atoms with van der Waals surface area (Å²) in [4.78, 5) is 4.63. The van der Waals surface area contributed by atoms with Gasteiger partial charge in [0.2, 0.25) is 0 Å². The molecule has 6 heteroatoms. The van der Waals surface area contributed by atoms with Crippen molar-refractivity contribution in [3.8, 4) is 0 Å². The van der Waals surface area contributed by atoms with Crippen molar-refractivity contribution in [2.45, 2.75) is 18.8 Å². The first-order valence-corrected chi connectivity index (χ1v) is 5.24. The number of nitrogens with zero attached hydrogens (tertiary/aromatic N) is 4. The lowest BCUT2D eigenvalue weighted by Gasteiger charge is -2.19. The molecule has 1 saturated carbocycles. The second-order valence-electron chi connectivity index (χ2n) is 4.38. The molecule has 0 radical (unpaired) electrons. The highest BCUT2D eigenvalue weighted by atomic mass is 19.3. The Bertz CT molecular complexity index is 288. The van der Waals surface area contributed by atoms with Gasteiger partial charge in [-0.2, -0.15) is 0 Å². The van der Waals surface area contributed by atoms with Gasteiger partial charge in [-0.25, -0.2) is 8.78 Å². The highest BCUT2D eigenvalue weighted by Crippen LogP contribution is 2.47. The van der Waals surface area contributed by atoms with Crippen LogP contribution < -0.4 is 0 Å². The van der Waals surface area contributed by atoms with Crippen molar-refractivity contribution in [2.24, 2.45) is 17.0 Å². The van der Waals surface area contributed by atoms with Gasteiger partial charge in [0.25, 0.3) is 5.92 Å². The molecule has 0 bridgehead atoms. The van der Waals surface area contributed by atoms with Crippen molar-refractivity contribution < 1.29 is 8.78 Å². The first-order valence-electron chi connectivity index (χ1n) is 5.24. The van der Waals surface area contributed by atoms with Crippen molar-refractivity contribution in [1.82, 2.24) is 4.90 Å². The van der Waals surface area contributed by atoms with Crippen LogP contribution in [-0.4, -0.2) is 37.0 Å². The minimum Gasteiger partial charge on any atom is -0.302 e. The largest absolute Gasteiger partial charge is 0.302 e. The van der Waals surface area contributed by atoms with Crippen LogP contribution in [0.25, 0.3) is 10.4 Å². The third-order valence-corrected chi connectivity index (χ3v) is 3.49. The van der Waals surface area contributed by atoms with Crippen molar-refractivity contribution >= 4 is 0 Å². The Hall–Kier alpha value is -0.870. The van der Waals surface area contributed by atoms with Gasteiger partial charge in [-0.1, -0.05) is 5.11 Å². The van der Waals surface area contributed by atoms with E-state index in [0.717, 1.165) is 6.54 Å². The normalized spacial score (nSPS) is 33.7. The third-order valence-electron chi connectivity index (χ3n) is 3.49. The average Bonchev–Trinajstić information content (AvgIpc) is 2.69. The van der Waals surface area contributed by atoms with E-state index in [2.05, 4.69) is 10.0 Å². The lowest BCUT2D eigenvalue weighted by Crippen LogP contribution is -2.30. The molecule has 1 aliphatic heterocycles. The quantitative estimate of drug-likeness (QED) is 0.405. The Morgan fingerprint density at radius 2 is 2.27 bits per heavy atom. The summed E-state index contributed by atoms with van der Waals surface area (Å²) in [6, 6.07) is 0. The minimum atomic E-state index is -2.47. The van der Waals surface area contributed by atoms with Crippen LogP contribution >= 0.6 is 0 Å². The highest BCUT2D eigenvalue weighted by Gasteiger charge is 2.53. The van der Waals surface area contributed by atoms with E-state index >= 15 is 0 Å². The summed E-state index contributed by atoms with van der Waals surface area (Å²) < 4.78 is 26.7. The molecule has 4 nitrogen and oxygen atoms in total. The molecule has 0 unspecified atom stereocenters. The molecule has 2 atom stereocenters. The molecule has 1 aliphatic carbocycles. The number of hydrogen-bond donors (Lipinski definition) is 0. The molecule has 2 aliphatic rings. The van der Waals surface area contributed by atoms with Crippen LogP contribution in [0.1, 0.15) is 12.8 Å².